The fourth-order valence-corrected chi connectivity index (χ4v) is 9.86. The molecule has 0 atom stereocenters. The molecule has 4 fully saturated rings. The van der Waals surface area contributed by atoms with Gasteiger partial charge >= 0.3 is 5.97 Å². The van der Waals surface area contributed by atoms with E-state index in [-0.39, 0.29) is 17.6 Å². The van der Waals surface area contributed by atoms with Gasteiger partial charge in [0.15, 0.2) is 5.16 Å². The van der Waals surface area contributed by atoms with Crippen molar-refractivity contribution in [1.82, 2.24) is 14.8 Å². The number of aryl methyl sites for hydroxylation is 1. The molecule has 2 heterocycles. The van der Waals surface area contributed by atoms with Crippen molar-refractivity contribution in [2.45, 2.75) is 82.7 Å². The van der Waals surface area contributed by atoms with Crippen molar-refractivity contribution in [3.05, 3.63) is 21.8 Å². The lowest BCUT2D eigenvalue weighted by molar-refractivity contribution is -0.113. The second kappa shape index (κ2) is 9.78. The Morgan fingerprint density at radius 3 is 2.50 bits per heavy atom. The van der Waals surface area contributed by atoms with Gasteiger partial charge in [-0.15, -0.1) is 21.5 Å². The van der Waals surface area contributed by atoms with Gasteiger partial charge < -0.3 is 14.6 Å². The van der Waals surface area contributed by atoms with Crippen LogP contribution in [-0.2, 0) is 35.8 Å². The molecule has 0 aliphatic heterocycles. The van der Waals surface area contributed by atoms with Crippen LogP contribution in [0.3, 0.4) is 0 Å². The lowest BCUT2D eigenvalue weighted by Gasteiger charge is -2.56. The van der Waals surface area contributed by atoms with E-state index in [9.17, 15) is 9.59 Å². The Labute approximate surface area is 221 Å². The first-order valence-corrected chi connectivity index (χ1v) is 15.4. The number of hydrogen-bond acceptors (Lipinski definition) is 7. The fourth-order valence-electron chi connectivity index (χ4n) is 7.83. The van der Waals surface area contributed by atoms with Crippen LogP contribution in [0.15, 0.2) is 5.16 Å². The minimum atomic E-state index is -0.331. The number of nitrogens with zero attached hydrogens (tertiary/aromatic N) is 3. The molecule has 36 heavy (non-hydrogen) atoms. The maximum absolute atomic E-state index is 12.9. The molecular formula is C27H36N4O3S2. The Bertz CT molecular complexity index is 1130. The number of fused-ring (bicyclic) bond motifs is 1. The molecule has 4 saturated carbocycles. The van der Waals surface area contributed by atoms with Crippen LogP contribution in [0.1, 0.15) is 84.9 Å². The first kappa shape index (κ1) is 24.5. The summed E-state index contributed by atoms with van der Waals surface area (Å²) in [7, 11) is 2.03. The number of aromatic nitrogens is 3. The molecule has 0 radical (unpaired) electrons. The summed E-state index contributed by atoms with van der Waals surface area (Å²) in [5, 5.41) is 13.4. The topological polar surface area (TPSA) is 86.1 Å². The molecule has 1 N–H and O–H groups in total. The first-order valence-electron chi connectivity index (χ1n) is 13.6. The van der Waals surface area contributed by atoms with Gasteiger partial charge in [0.05, 0.1) is 17.9 Å². The van der Waals surface area contributed by atoms with E-state index in [4.69, 9.17) is 4.74 Å². The molecule has 4 bridgehead atoms. The molecule has 2 aromatic rings. The van der Waals surface area contributed by atoms with Crippen molar-refractivity contribution in [3.63, 3.8) is 0 Å². The highest BCUT2D eigenvalue weighted by atomic mass is 32.2. The molecular weight excluding hydrogens is 492 g/mol. The van der Waals surface area contributed by atoms with E-state index in [0.717, 1.165) is 66.4 Å². The Kier molecular flexibility index (Phi) is 6.65. The van der Waals surface area contributed by atoms with Crippen LogP contribution < -0.4 is 5.32 Å². The Morgan fingerprint density at radius 1 is 1.11 bits per heavy atom. The van der Waals surface area contributed by atoms with Gasteiger partial charge in [-0.1, -0.05) is 11.8 Å². The van der Waals surface area contributed by atoms with Gasteiger partial charge in [-0.05, 0) is 99.9 Å². The van der Waals surface area contributed by atoms with E-state index in [0.29, 0.717) is 22.6 Å². The standard InChI is InChI=1S/C27H36N4O3S2/c1-3-34-25(33)23-19-6-4-5-7-20(19)36-24(23)28-22(32)15-35-26-30-29-21(31(26)2)14-27-11-16-8-17(12-27)10-18(9-16)13-27/h16-18H,3-15H2,1-2H3,(H,28,32). The van der Waals surface area contributed by atoms with Crippen molar-refractivity contribution >= 4 is 40.0 Å². The summed E-state index contributed by atoms with van der Waals surface area (Å²) in [4.78, 5) is 26.8. The van der Waals surface area contributed by atoms with Gasteiger partial charge in [-0.2, -0.15) is 0 Å². The number of ether oxygens (including phenoxy) is 1. The highest BCUT2D eigenvalue weighted by Gasteiger charge is 2.51. The lowest BCUT2D eigenvalue weighted by atomic mass is 9.49. The fraction of sp³-hybridized carbons (Fsp3) is 0.704. The number of anilines is 1. The van der Waals surface area contributed by atoms with Crippen molar-refractivity contribution in [1.29, 1.82) is 0 Å². The van der Waals surface area contributed by atoms with Gasteiger partial charge in [0.25, 0.3) is 0 Å². The number of thiophene rings is 1. The maximum Gasteiger partial charge on any atom is 0.341 e. The third-order valence-electron chi connectivity index (χ3n) is 8.86. The zero-order valence-electron chi connectivity index (χ0n) is 21.3. The summed E-state index contributed by atoms with van der Waals surface area (Å²) in [6.07, 6.45) is 13.4. The van der Waals surface area contributed by atoms with Gasteiger partial charge in [-0.25, -0.2) is 4.79 Å². The van der Waals surface area contributed by atoms with Crippen LogP contribution >= 0.6 is 23.1 Å². The predicted octanol–water partition coefficient (Wildman–Crippen LogP) is 5.42. The Morgan fingerprint density at radius 2 is 1.81 bits per heavy atom. The minimum absolute atomic E-state index is 0.130. The number of hydrogen-bond donors (Lipinski definition) is 1. The summed E-state index contributed by atoms with van der Waals surface area (Å²) in [6, 6.07) is 0. The summed E-state index contributed by atoms with van der Waals surface area (Å²) in [5.41, 5.74) is 2.04. The molecule has 194 valence electrons. The summed E-state index contributed by atoms with van der Waals surface area (Å²) in [5.74, 6) is 3.58. The maximum atomic E-state index is 12.9. The number of carbonyl (C=O) groups is 2. The highest BCUT2D eigenvalue weighted by Crippen LogP contribution is 2.61. The second-order valence-electron chi connectivity index (χ2n) is 11.5. The summed E-state index contributed by atoms with van der Waals surface area (Å²) >= 11 is 2.94. The molecule has 2 aromatic heterocycles. The van der Waals surface area contributed by atoms with Crippen LogP contribution in [0, 0.1) is 23.2 Å². The van der Waals surface area contributed by atoms with Crippen LogP contribution in [0.5, 0.6) is 0 Å². The van der Waals surface area contributed by atoms with E-state index in [1.807, 2.05) is 14.0 Å². The lowest BCUT2D eigenvalue weighted by Crippen LogP contribution is -2.47. The van der Waals surface area contributed by atoms with Crippen molar-refractivity contribution in [2.24, 2.45) is 30.2 Å². The molecule has 7 nitrogen and oxygen atoms in total. The van der Waals surface area contributed by atoms with E-state index in [2.05, 4.69) is 20.1 Å². The predicted molar refractivity (Wildman–Crippen MR) is 142 cm³/mol. The molecule has 1 amide bonds. The number of carbonyl (C=O) groups excluding carboxylic acids is 2. The average Bonchev–Trinajstić information content (AvgIpc) is 3.36. The molecule has 9 heteroatoms. The highest BCUT2D eigenvalue weighted by molar-refractivity contribution is 7.99. The second-order valence-corrected chi connectivity index (χ2v) is 13.6. The van der Waals surface area contributed by atoms with E-state index in [1.54, 1.807) is 0 Å². The van der Waals surface area contributed by atoms with Gasteiger partial charge in [0, 0.05) is 18.3 Å². The molecule has 0 aromatic carbocycles. The third kappa shape index (κ3) is 4.62. The Hall–Kier alpha value is -1.87. The SMILES string of the molecule is CCOC(=O)c1c(NC(=O)CSc2nnc(CC34CC5CC(CC(C5)C3)C4)n2C)sc2c1CCCC2. The molecule has 7 rings (SSSR count). The smallest absolute Gasteiger partial charge is 0.341 e. The van der Waals surface area contributed by atoms with Gasteiger partial charge in [0.1, 0.15) is 10.8 Å². The van der Waals surface area contributed by atoms with Crippen LogP contribution in [0.2, 0.25) is 0 Å². The summed E-state index contributed by atoms with van der Waals surface area (Å²) < 4.78 is 7.40. The minimum Gasteiger partial charge on any atom is -0.462 e. The van der Waals surface area contributed by atoms with Crippen molar-refractivity contribution in [2.75, 3.05) is 17.7 Å². The zero-order chi connectivity index (χ0) is 24.9. The summed E-state index contributed by atoms with van der Waals surface area (Å²) in [6.45, 7) is 2.13. The van der Waals surface area contributed by atoms with E-state index >= 15 is 0 Å². The number of rotatable bonds is 8. The zero-order valence-corrected chi connectivity index (χ0v) is 22.9. The Balaban J connectivity index is 1.10. The molecule has 5 aliphatic rings. The number of amides is 1. The number of esters is 1. The molecule has 0 saturated heterocycles. The van der Waals surface area contributed by atoms with Crippen molar-refractivity contribution in [3.8, 4) is 0 Å². The monoisotopic (exact) mass is 528 g/mol. The largest absolute Gasteiger partial charge is 0.462 e. The molecule has 0 unspecified atom stereocenters. The van der Waals surface area contributed by atoms with Crippen molar-refractivity contribution < 1.29 is 14.3 Å². The molecule has 0 spiro atoms. The average molecular weight is 529 g/mol. The number of thioether (sulfide) groups is 1. The van der Waals surface area contributed by atoms with Crippen LogP contribution in [-0.4, -0.2) is 39.0 Å². The normalized spacial score (nSPS) is 28.2. The van der Waals surface area contributed by atoms with Gasteiger partial charge in [-0.3, -0.25) is 4.79 Å². The quantitative estimate of drug-likeness (QED) is 0.364. The van der Waals surface area contributed by atoms with Crippen LogP contribution in [0.25, 0.3) is 0 Å². The first-order chi connectivity index (χ1) is 17.4. The van der Waals surface area contributed by atoms with E-state index in [1.165, 1.54) is 66.5 Å². The van der Waals surface area contributed by atoms with Gasteiger partial charge in [0.2, 0.25) is 5.91 Å². The third-order valence-corrected chi connectivity index (χ3v) is 11.1. The van der Waals surface area contributed by atoms with E-state index < -0.39 is 0 Å². The number of nitrogens with one attached hydrogen (secondary N) is 1. The molecule has 5 aliphatic carbocycles. The van der Waals surface area contributed by atoms with Crippen LogP contribution in [0.4, 0.5) is 5.00 Å².